The van der Waals surface area contributed by atoms with Crippen LogP contribution in [-0.2, 0) is 11.3 Å². The number of rotatable bonds is 9. The summed E-state index contributed by atoms with van der Waals surface area (Å²) in [5.74, 6) is 0.679. The first-order valence-corrected chi connectivity index (χ1v) is 10.1. The van der Waals surface area contributed by atoms with E-state index in [0.717, 1.165) is 44.3 Å². The van der Waals surface area contributed by atoms with Crippen LogP contribution in [0.5, 0.6) is 5.88 Å². The zero-order valence-corrected chi connectivity index (χ0v) is 16.3. The lowest BCUT2D eigenvalue weighted by Gasteiger charge is -2.20. The van der Waals surface area contributed by atoms with Gasteiger partial charge in [-0.1, -0.05) is 32.3 Å². The summed E-state index contributed by atoms with van der Waals surface area (Å²) in [4.78, 5) is 30.4. The van der Waals surface area contributed by atoms with Gasteiger partial charge in [0.15, 0.2) is 0 Å². The molecule has 1 fully saturated rings. The van der Waals surface area contributed by atoms with Crippen molar-refractivity contribution < 1.29 is 14.3 Å². The Morgan fingerprint density at radius 1 is 1.19 bits per heavy atom. The van der Waals surface area contributed by atoms with Gasteiger partial charge in [-0.2, -0.15) is 0 Å². The zero-order chi connectivity index (χ0) is 19.3. The van der Waals surface area contributed by atoms with Crippen molar-refractivity contribution in [2.75, 3.05) is 26.2 Å². The fourth-order valence-corrected chi connectivity index (χ4v) is 3.00. The highest BCUT2D eigenvalue weighted by molar-refractivity contribution is 5.78. The van der Waals surface area contributed by atoms with Crippen molar-refractivity contribution in [2.45, 2.75) is 58.4 Å². The van der Waals surface area contributed by atoms with E-state index in [1.807, 2.05) is 17.0 Å². The molecule has 2 heterocycles. The van der Waals surface area contributed by atoms with Gasteiger partial charge < -0.3 is 20.3 Å². The number of unbranched alkanes of at least 4 members (excludes halogenated alkanes) is 1. The van der Waals surface area contributed by atoms with Crippen LogP contribution >= 0.6 is 0 Å². The molecule has 0 bridgehead atoms. The largest absolute Gasteiger partial charge is 0.477 e. The van der Waals surface area contributed by atoms with Crippen LogP contribution in [0, 0.1) is 0 Å². The van der Waals surface area contributed by atoms with Crippen molar-refractivity contribution in [1.82, 2.24) is 20.5 Å². The maximum absolute atomic E-state index is 12.2. The Kier molecular flexibility index (Phi) is 9.44. The number of aromatic nitrogens is 1. The Bertz CT molecular complexity index is 586. The third-order valence-electron chi connectivity index (χ3n) is 4.61. The molecule has 0 saturated carbocycles. The van der Waals surface area contributed by atoms with E-state index in [2.05, 4.69) is 22.5 Å². The molecule has 150 valence electrons. The quantitative estimate of drug-likeness (QED) is 0.649. The standard InChI is InChI=1S/C20H32N4O3/c1-2-3-15-27-19-17(9-8-11-21-19)16-23-20(26)22-12-10-18(25)24-13-6-4-5-7-14-24/h8-9,11H,2-7,10,12-16H2,1H3,(H2,22,23,26). The van der Waals surface area contributed by atoms with E-state index in [4.69, 9.17) is 4.74 Å². The molecule has 1 aliphatic rings. The van der Waals surface area contributed by atoms with Crippen LogP contribution in [0.15, 0.2) is 18.3 Å². The number of likely N-dealkylation sites (tertiary alicyclic amines) is 1. The number of amides is 3. The molecule has 2 N–H and O–H groups in total. The molecule has 1 aromatic rings. The topological polar surface area (TPSA) is 83.6 Å². The van der Waals surface area contributed by atoms with Crippen LogP contribution in [0.4, 0.5) is 4.79 Å². The van der Waals surface area contributed by atoms with Crippen molar-refractivity contribution in [3.05, 3.63) is 23.9 Å². The minimum Gasteiger partial charge on any atom is -0.477 e. The summed E-state index contributed by atoms with van der Waals surface area (Å²) in [5, 5.41) is 5.55. The molecule has 0 atom stereocenters. The summed E-state index contributed by atoms with van der Waals surface area (Å²) in [7, 11) is 0. The van der Waals surface area contributed by atoms with Crippen molar-refractivity contribution in [2.24, 2.45) is 0 Å². The Morgan fingerprint density at radius 3 is 2.70 bits per heavy atom. The predicted molar refractivity (Wildman–Crippen MR) is 105 cm³/mol. The average molecular weight is 377 g/mol. The lowest BCUT2D eigenvalue weighted by Crippen LogP contribution is -2.39. The number of hydrogen-bond donors (Lipinski definition) is 2. The Hall–Kier alpha value is -2.31. The van der Waals surface area contributed by atoms with E-state index in [9.17, 15) is 9.59 Å². The molecule has 0 unspecified atom stereocenters. The molecule has 3 amide bonds. The summed E-state index contributed by atoms with van der Waals surface area (Å²) in [5.41, 5.74) is 0.837. The van der Waals surface area contributed by atoms with Crippen LogP contribution < -0.4 is 15.4 Å². The minimum absolute atomic E-state index is 0.121. The van der Waals surface area contributed by atoms with Gasteiger partial charge in [-0.15, -0.1) is 0 Å². The van der Waals surface area contributed by atoms with Crippen molar-refractivity contribution in [3.8, 4) is 5.88 Å². The fourth-order valence-electron chi connectivity index (χ4n) is 3.00. The monoisotopic (exact) mass is 376 g/mol. The van der Waals surface area contributed by atoms with E-state index in [1.54, 1.807) is 6.20 Å². The number of hydrogen-bond acceptors (Lipinski definition) is 4. The van der Waals surface area contributed by atoms with Gasteiger partial charge in [0.25, 0.3) is 0 Å². The summed E-state index contributed by atoms with van der Waals surface area (Å²) in [6.45, 7) is 5.08. The molecule has 0 spiro atoms. The number of urea groups is 1. The average Bonchev–Trinajstić information content (AvgIpc) is 2.97. The van der Waals surface area contributed by atoms with E-state index in [-0.39, 0.29) is 11.9 Å². The molecule has 7 heteroatoms. The van der Waals surface area contributed by atoms with Crippen LogP contribution in [-0.4, -0.2) is 48.1 Å². The van der Waals surface area contributed by atoms with E-state index >= 15 is 0 Å². The van der Waals surface area contributed by atoms with Gasteiger partial charge in [0.1, 0.15) is 0 Å². The number of carbonyl (C=O) groups is 2. The van der Waals surface area contributed by atoms with Crippen molar-refractivity contribution in [1.29, 1.82) is 0 Å². The molecule has 2 rings (SSSR count). The van der Waals surface area contributed by atoms with Crippen LogP contribution in [0.2, 0.25) is 0 Å². The molecular formula is C20H32N4O3. The lowest BCUT2D eigenvalue weighted by atomic mass is 10.2. The summed E-state index contributed by atoms with van der Waals surface area (Å²) in [6.07, 6.45) is 8.59. The molecular weight excluding hydrogens is 344 g/mol. The summed E-state index contributed by atoms with van der Waals surface area (Å²) in [6, 6.07) is 3.42. The van der Waals surface area contributed by atoms with Crippen LogP contribution in [0.3, 0.4) is 0 Å². The van der Waals surface area contributed by atoms with E-state index in [0.29, 0.717) is 32.0 Å². The number of pyridine rings is 1. The van der Waals surface area contributed by atoms with Gasteiger partial charge in [-0.05, 0) is 25.3 Å². The molecule has 0 aromatic carbocycles. The number of nitrogens with one attached hydrogen (secondary N) is 2. The Morgan fingerprint density at radius 2 is 1.96 bits per heavy atom. The van der Waals surface area contributed by atoms with E-state index < -0.39 is 0 Å². The summed E-state index contributed by atoms with van der Waals surface area (Å²) < 4.78 is 5.67. The highest BCUT2D eigenvalue weighted by Gasteiger charge is 2.15. The first-order valence-electron chi connectivity index (χ1n) is 10.1. The van der Waals surface area contributed by atoms with Gasteiger partial charge in [-0.3, -0.25) is 4.79 Å². The van der Waals surface area contributed by atoms with Crippen LogP contribution in [0.1, 0.15) is 57.4 Å². The third kappa shape index (κ3) is 7.85. The highest BCUT2D eigenvalue weighted by Crippen LogP contribution is 2.14. The molecule has 0 radical (unpaired) electrons. The zero-order valence-electron chi connectivity index (χ0n) is 16.3. The maximum Gasteiger partial charge on any atom is 0.315 e. The lowest BCUT2D eigenvalue weighted by molar-refractivity contribution is -0.131. The van der Waals surface area contributed by atoms with Crippen molar-refractivity contribution in [3.63, 3.8) is 0 Å². The molecule has 1 aromatic heterocycles. The number of carbonyl (C=O) groups excluding carboxylic acids is 2. The SMILES string of the molecule is CCCCOc1ncccc1CNC(=O)NCCC(=O)N1CCCCCC1. The number of nitrogens with zero attached hydrogens (tertiary/aromatic N) is 2. The smallest absolute Gasteiger partial charge is 0.315 e. The first-order chi connectivity index (χ1) is 13.2. The number of ether oxygens (including phenoxy) is 1. The van der Waals surface area contributed by atoms with Gasteiger partial charge in [0.2, 0.25) is 11.8 Å². The Labute approximate surface area is 161 Å². The van der Waals surface area contributed by atoms with Gasteiger partial charge >= 0.3 is 6.03 Å². The van der Waals surface area contributed by atoms with Gasteiger partial charge in [0.05, 0.1) is 6.61 Å². The second-order valence-corrected chi connectivity index (χ2v) is 6.82. The molecule has 1 saturated heterocycles. The van der Waals surface area contributed by atoms with Gasteiger partial charge in [-0.25, -0.2) is 9.78 Å². The molecule has 1 aliphatic heterocycles. The highest BCUT2D eigenvalue weighted by atomic mass is 16.5. The fraction of sp³-hybridized carbons (Fsp3) is 0.650. The van der Waals surface area contributed by atoms with E-state index in [1.165, 1.54) is 12.8 Å². The summed E-state index contributed by atoms with van der Waals surface area (Å²) >= 11 is 0. The van der Waals surface area contributed by atoms with Crippen molar-refractivity contribution >= 4 is 11.9 Å². The third-order valence-corrected chi connectivity index (χ3v) is 4.61. The normalized spacial score (nSPS) is 14.3. The second-order valence-electron chi connectivity index (χ2n) is 6.82. The maximum atomic E-state index is 12.2. The van der Waals surface area contributed by atoms with Gasteiger partial charge in [0, 0.05) is 44.4 Å². The second kappa shape index (κ2) is 12.1. The molecule has 27 heavy (non-hydrogen) atoms. The molecule has 0 aliphatic carbocycles. The molecule has 7 nitrogen and oxygen atoms in total. The first kappa shape index (κ1) is 21.0. The van der Waals surface area contributed by atoms with Crippen LogP contribution in [0.25, 0.3) is 0 Å². The Balaban J connectivity index is 1.68. The minimum atomic E-state index is -0.290. The predicted octanol–water partition coefficient (Wildman–Crippen LogP) is 2.85.